The SMILES string of the molecule is CS(=O)(=O)c1ccc(N2CCN(Cc3ccc(C(F)(F)F)nc3)CC2)c(Cl)c1. The zero-order valence-electron chi connectivity index (χ0n) is 15.1. The van der Waals surface area contributed by atoms with Crippen LogP contribution in [0.3, 0.4) is 0 Å². The van der Waals surface area contributed by atoms with Gasteiger partial charge < -0.3 is 4.90 Å². The van der Waals surface area contributed by atoms with Crippen molar-refractivity contribution in [3.63, 3.8) is 0 Å². The number of pyridine rings is 1. The number of hydrogen-bond donors (Lipinski definition) is 0. The molecule has 0 bridgehead atoms. The van der Waals surface area contributed by atoms with Gasteiger partial charge in [-0.25, -0.2) is 8.42 Å². The van der Waals surface area contributed by atoms with Crippen LogP contribution in [-0.2, 0) is 22.6 Å². The number of alkyl halides is 3. The smallest absolute Gasteiger partial charge is 0.368 e. The Morgan fingerprint density at radius 1 is 1.11 bits per heavy atom. The maximum Gasteiger partial charge on any atom is 0.433 e. The molecule has 0 aliphatic carbocycles. The van der Waals surface area contributed by atoms with E-state index in [1.54, 1.807) is 6.07 Å². The van der Waals surface area contributed by atoms with E-state index >= 15 is 0 Å². The lowest BCUT2D eigenvalue weighted by atomic mass is 10.2. The molecule has 10 heteroatoms. The standard InChI is InChI=1S/C18H19ClF3N3O2S/c1-28(26,27)14-3-4-16(15(19)10-14)25-8-6-24(7-9-25)12-13-2-5-17(23-11-13)18(20,21)22/h2-5,10-11H,6-9,12H2,1H3. The first kappa shape index (κ1) is 20.9. The summed E-state index contributed by atoms with van der Waals surface area (Å²) in [5.74, 6) is 0. The van der Waals surface area contributed by atoms with E-state index in [0.717, 1.165) is 23.6 Å². The Hall–Kier alpha value is -1.84. The van der Waals surface area contributed by atoms with Crippen molar-refractivity contribution in [1.29, 1.82) is 0 Å². The number of benzene rings is 1. The summed E-state index contributed by atoms with van der Waals surface area (Å²) < 4.78 is 61.0. The van der Waals surface area contributed by atoms with Crippen molar-refractivity contribution < 1.29 is 21.6 Å². The Balaban J connectivity index is 1.60. The number of anilines is 1. The molecular weight excluding hydrogens is 415 g/mol. The van der Waals surface area contributed by atoms with Crippen LogP contribution in [0.25, 0.3) is 0 Å². The van der Waals surface area contributed by atoms with Crippen LogP contribution in [0.4, 0.5) is 18.9 Å². The van der Waals surface area contributed by atoms with Gasteiger partial charge in [-0.1, -0.05) is 17.7 Å². The summed E-state index contributed by atoms with van der Waals surface area (Å²) in [5, 5.41) is 0.378. The van der Waals surface area contributed by atoms with Gasteiger partial charge in [0, 0.05) is 45.2 Å². The molecule has 0 spiro atoms. The van der Waals surface area contributed by atoms with Crippen LogP contribution in [0.1, 0.15) is 11.3 Å². The lowest BCUT2D eigenvalue weighted by molar-refractivity contribution is -0.141. The molecule has 0 amide bonds. The largest absolute Gasteiger partial charge is 0.433 e. The fraction of sp³-hybridized carbons (Fsp3) is 0.389. The van der Waals surface area contributed by atoms with Gasteiger partial charge in [0.2, 0.25) is 0 Å². The highest BCUT2D eigenvalue weighted by Gasteiger charge is 2.32. The lowest BCUT2D eigenvalue weighted by Gasteiger charge is -2.36. The predicted octanol–water partition coefficient (Wildman–Crippen LogP) is 3.48. The Kier molecular flexibility index (Phi) is 5.88. The quantitative estimate of drug-likeness (QED) is 0.739. The number of halogens is 4. The Morgan fingerprint density at radius 2 is 1.79 bits per heavy atom. The third-order valence-electron chi connectivity index (χ3n) is 4.58. The van der Waals surface area contributed by atoms with Crippen LogP contribution >= 0.6 is 11.6 Å². The minimum absolute atomic E-state index is 0.176. The molecule has 0 radical (unpaired) electrons. The summed E-state index contributed by atoms with van der Waals surface area (Å²) in [6.07, 6.45) is -2.04. The zero-order valence-corrected chi connectivity index (χ0v) is 16.7. The van der Waals surface area contributed by atoms with Crippen LogP contribution in [0.5, 0.6) is 0 Å². The molecule has 0 saturated carbocycles. The maximum atomic E-state index is 12.6. The molecule has 3 rings (SSSR count). The van der Waals surface area contributed by atoms with Crippen molar-refractivity contribution in [2.75, 3.05) is 37.3 Å². The molecule has 1 fully saturated rings. The van der Waals surface area contributed by atoms with Crippen molar-refractivity contribution in [1.82, 2.24) is 9.88 Å². The predicted molar refractivity (Wildman–Crippen MR) is 101 cm³/mol. The summed E-state index contributed by atoms with van der Waals surface area (Å²) in [7, 11) is -3.32. The first-order valence-electron chi connectivity index (χ1n) is 8.53. The number of sulfone groups is 1. The topological polar surface area (TPSA) is 53.5 Å². The molecule has 1 aromatic heterocycles. The van der Waals surface area contributed by atoms with E-state index in [1.165, 1.54) is 24.4 Å². The minimum atomic E-state index is -4.43. The van der Waals surface area contributed by atoms with Gasteiger partial charge in [-0.3, -0.25) is 9.88 Å². The van der Waals surface area contributed by atoms with Crippen molar-refractivity contribution in [2.24, 2.45) is 0 Å². The molecule has 2 heterocycles. The molecule has 1 aliphatic rings. The molecular formula is C18H19ClF3N3O2S. The molecule has 1 aliphatic heterocycles. The minimum Gasteiger partial charge on any atom is -0.368 e. The molecule has 5 nitrogen and oxygen atoms in total. The van der Waals surface area contributed by atoms with E-state index in [0.29, 0.717) is 37.7 Å². The van der Waals surface area contributed by atoms with E-state index in [-0.39, 0.29) is 4.90 Å². The second kappa shape index (κ2) is 7.88. The van der Waals surface area contributed by atoms with Crippen LogP contribution in [0.2, 0.25) is 5.02 Å². The first-order valence-corrected chi connectivity index (χ1v) is 10.8. The van der Waals surface area contributed by atoms with Crippen LogP contribution in [0, 0.1) is 0 Å². The maximum absolute atomic E-state index is 12.6. The van der Waals surface area contributed by atoms with Gasteiger partial charge >= 0.3 is 6.18 Å². The molecule has 152 valence electrons. The van der Waals surface area contributed by atoms with Crippen molar-refractivity contribution in [2.45, 2.75) is 17.6 Å². The summed E-state index contributed by atoms with van der Waals surface area (Å²) in [6.45, 7) is 3.26. The fourth-order valence-electron chi connectivity index (χ4n) is 3.07. The van der Waals surface area contributed by atoms with Gasteiger partial charge in [-0.05, 0) is 29.8 Å². The van der Waals surface area contributed by atoms with Gasteiger partial charge in [0.15, 0.2) is 9.84 Å². The highest BCUT2D eigenvalue weighted by Crippen LogP contribution is 2.30. The average molecular weight is 434 g/mol. The second-order valence-electron chi connectivity index (χ2n) is 6.70. The third kappa shape index (κ3) is 4.95. The van der Waals surface area contributed by atoms with Crippen LogP contribution in [-0.4, -0.2) is 50.7 Å². The summed E-state index contributed by atoms with van der Waals surface area (Å²) >= 11 is 6.27. The van der Waals surface area contributed by atoms with Crippen LogP contribution in [0.15, 0.2) is 41.4 Å². The first-order chi connectivity index (χ1) is 13.0. The summed E-state index contributed by atoms with van der Waals surface area (Å²) in [5.41, 5.74) is 0.593. The molecule has 1 saturated heterocycles. The van der Waals surface area contributed by atoms with Gasteiger partial charge in [-0.15, -0.1) is 0 Å². The Morgan fingerprint density at radius 3 is 2.29 bits per heavy atom. The van der Waals surface area contributed by atoms with Crippen molar-refractivity contribution in [3.8, 4) is 0 Å². The van der Waals surface area contributed by atoms with E-state index in [4.69, 9.17) is 11.6 Å². The number of nitrogens with zero attached hydrogens (tertiary/aromatic N) is 3. The lowest BCUT2D eigenvalue weighted by Crippen LogP contribution is -2.46. The Bertz CT molecular complexity index is 942. The van der Waals surface area contributed by atoms with Gasteiger partial charge in [0.05, 0.1) is 15.6 Å². The van der Waals surface area contributed by atoms with E-state index < -0.39 is 21.7 Å². The van der Waals surface area contributed by atoms with Crippen molar-refractivity contribution >= 4 is 27.1 Å². The highest BCUT2D eigenvalue weighted by molar-refractivity contribution is 7.90. The second-order valence-corrected chi connectivity index (χ2v) is 9.12. The molecule has 0 N–H and O–H groups in total. The van der Waals surface area contributed by atoms with Crippen molar-refractivity contribution in [3.05, 3.63) is 52.8 Å². The fourth-order valence-corrected chi connectivity index (χ4v) is 4.08. The molecule has 1 aromatic carbocycles. The third-order valence-corrected chi connectivity index (χ3v) is 5.99. The number of hydrogen-bond acceptors (Lipinski definition) is 5. The summed E-state index contributed by atoms with van der Waals surface area (Å²) in [4.78, 5) is 7.85. The van der Waals surface area contributed by atoms with E-state index in [9.17, 15) is 21.6 Å². The summed E-state index contributed by atoms with van der Waals surface area (Å²) in [6, 6.07) is 7.13. The van der Waals surface area contributed by atoms with Crippen LogP contribution < -0.4 is 4.90 Å². The van der Waals surface area contributed by atoms with Gasteiger partial charge in [0.1, 0.15) is 5.69 Å². The molecule has 2 aromatic rings. The van der Waals surface area contributed by atoms with Gasteiger partial charge in [-0.2, -0.15) is 13.2 Å². The number of rotatable bonds is 4. The number of aromatic nitrogens is 1. The molecule has 0 atom stereocenters. The van der Waals surface area contributed by atoms with Gasteiger partial charge in [0.25, 0.3) is 0 Å². The van der Waals surface area contributed by atoms with E-state index in [1.807, 2.05) is 0 Å². The highest BCUT2D eigenvalue weighted by atomic mass is 35.5. The zero-order chi connectivity index (χ0) is 20.5. The molecule has 28 heavy (non-hydrogen) atoms. The normalized spacial score (nSPS) is 16.4. The average Bonchev–Trinajstić information content (AvgIpc) is 2.61. The van der Waals surface area contributed by atoms with E-state index in [2.05, 4.69) is 14.8 Å². The monoisotopic (exact) mass is 433 g/mol. The Labute approximate surface area is 166 Å². The molecule has 0 unspecified atom stereocenters. The number of piperazine rings is 1.